The summed E-state index contributed by atoms with van der Waals surface area (Å²) in [5.41, 5.74) is 0.623. The number of nitrogens with zero attached hydrogens (tertiary/aromatic N) is 2. The molecule has 0 saturated heterocycles. The molecule has 0 atom stereocenters. The maximum Gasteiger partial charge on any atom is 0.416 e. The van der Waals surface area contributed by atoms with Gasteiger partial charge in [0.15, 0.2) is 0 Å². The highest BCUT2D eigenvalue weighted by molar-refractivity contribution is 6.06. The molecule has 1 amide bonds. The SMILES string of the molecule is O=C(NCc1cccc(C(F)(F)F)c1)c1cccc2c1cnn2-c1ccccc1F. The molecule has 1 heterocycles. The second-order valence-electron chi connectivity index (χ2n) is 6.63. The van der Waals surface area contributed by atoms with Crippen molar-refractivity contribution >= 4 is 16.8 Å². The van der Waals surface area contributed by atoms with Gasteiger partial charge >= 0.3 is 6.18 Å². The third-order valence-electron chi connectivity index (χ3n) is 4.65. The number of benzene rings is 3. The zero-order chi connectivity index (χ0) is 21.3. The lowest BCUT2D eigenvalue weighted by Crippen LogP contribution is -2.23. The molecule has 0 fully saturated rings. The van der Waals surface area contributed by atoms with Crippen LogP contribution in [0.3, 0.4) is 0 Å². The lowest BCUT2D eigenvalue weighted by molar-refractivity contribution is -0.137. The second kappa shape index (κ2) is 7.62. The Bertz CT molecular complexity index is 1230. The number of fused-ring (bicyclic) bond motifs is 1. The third-order valence-corrected chi connectivity index (χ3v) is 4.65. The van der Waals surface area contributed by atoms with Gasteiger partial charge in [0.25, 0.3) is 5.91 Å². The molecular formula is C22H15F4N3O. The van der Waals surface area contributed by atoms with Crippen molar-refractivity contribution in [3.63, 3.8) is 0 Å². The minimum Gasteiger partial charge on any atom is -0.348 e. The van der Waals surface area contributed by atoms with Gasteiger partial charge in [0.05, 0.1) is 22.8 Å². The lowest BCUT2D eigenvalue weighted by atomic mass is 10.1. The van der Waals surface area contributed by atoms with Crippen molar-refractivity contribution in [2.24, 2.45) is 0 Å². The van der Waals surface area contributed by atoms with Crippen LogP contribution in [0.2, 0.25) is 0 Å². The fourth-order valence-electron chi connectivity index (χ4n) is 3.20. The van der Waals surface area contributed by atoms with Crippen LogP contribution >= 0.6 is 0 Å². The molecule has 152 valence electrons. The van der Waals surface area contributed by atoms with E-state index in [-0.39, 0.29) is 12.2 Å². The largest absolute Gasteiger partial charge is 0.416 e. The van der Waals surface area contributed by atoms with Crippen LogP contribution in [0.1, 0.15) is 21.5 Å². The molecule has 0 unspecified atom stereocenters. The highest BCUT2D eigenvalue weighted by Gasteiger charge is 2.30. The van der Waals surface area contributed by atoms with Crippen molar-refractivity contribution < 1.29 is 22.4 Å². The first-order chi connectivity index (χ1) is 14.3. The Hall–Kier alpha value is -3.68. The van der Waals surface area contributed by atoms with Gasteiger partial charge in [-0.1, -0.05) is 30.3 Å². The average molecular weight is 413 g/mol. The average Bonchev–Trinajstić information content (AvgIpc) is 3.16. The Kier molecular flexibility index (Phi) is 4.99. The molecule has 30 heavy (non-hydrogen) atoms. The highest BCUT2D eigenvalue weighted by atomic mass is 19.4. The highest BCUT2D eigenvalue weighted by Crippen LogP contribution is 2.29. The van der Waals surface area contributed by atoms with Gasteiger partial charge in [-0.15, -0.1) is 0 Å². The summed E-state index contributed by atoms with van der Waals surface area (Å²) < 4.78 is 54.1. The summed E-state index contributed by atoms with van der Waals surface area (Å²) >= 11 is 0. The van der Waals surface area contributed by atoms with Crippen molar-refractivity contribution in [2.75, 3.05) is 0 Å². The first kappa shape index (κ1) is 19.6. The number of carbonyl (C=O) groups is 1. The summed E-state index contributed by atoms with van der Waals surface area (Å²) in [4.78, 5) is 12.7. The van der Waals surface area contributed by atoms with Crippen LogP contribution in [0.5, 0.6) is 0 Å². The monoisotopic (exact) mass is 413 g/mol. The number of amides is 1. The van der Waals surface area contributed by atoms with E-state index in [2.05, 4.69) is 10.4 Å². The molecule has 4 aromatic rings. The summed E-state index contributed by atoms with van der Waals surface area (Å²) in [6.07, 6.45) is -2.99. The molecule has 0 radical (unpaired) electrons. The zero-order valence-corrected chi connectivity index (χ0v) is 15.4. The van der Waals surface area contributed by atoms with Gasteiger partial charge in [-0.25, -0.2) is 9.07 Å². The van der Waals surface area contributed by atoms with E-state index in [0.717, 1.165) is 12.1 Å². The molecule has 1 N–H and O–H groups in total. The van der Waals surface area contributed by atoms with Gasteiger partial charge in [0.1, 0.15) is 11.5 Å². The first-order valence-corrected chi connectivity index (χ1v) is 9.00. The minimum atomic E-state index is -4.45. The fourth-order valence-corrected chi connectivity index (χ4v) is 3.20. The summed E-state index contributed by atoms with van der Waals surface area (Å²) in [6, 6.07) is 15.8. The van der Waals surface area contributed by atoms with E-state index in [1.807, 2.05) is 0 Å². The number of nitrogens with one attached hydrogen (secondary N) is 1. The van der Waals surface area contributed by atoms with Crippen LogP contribution in [-0.2, 0) is 12.7 Å². The minimum absolute atomic E-state index is 0.0689. The van der Waals surface area contributed by atoms with Crippen LogP contribution in [0.4, 0.5) is 17.6 Å². The Labute approximate surface area is 168 Å². The van der Waals surface area contributed by atoms with Gasteiger partial charge in [-0.3, -0.25) is 4.79 Å². The predicted octanol–water partition coefficient (Wildman–Crippen LogP) is 5.11. The number of aromatic nitrogens is 2. The van der Waals surface area contributed by atoms with Crippen molar-refractivity contribution in [3.8, 4) is 5.69 Å². The van der Waals surface area contributed by atoms with Gasteiger partial charge in [-0.05, 0) is 42.0 Å². The Morgan fingerprint density at radius 1 is 1.00 bits per heavy atom. The van der Waals surface area contributed by atoms with Crippen LogP contribution in [0.25, 0.3) is 16.6 Å². The molecule has 4 rings (SSSR count). The smallest absolute Gasteiger partial charge is 0.348 e. The number of halogens is 4. The molecule has 8 heteroatoms. The first-order valence-electron chi connectivity index (χ1n) is 9.00. The normalized spacial score (nSPS) is 11.6. The fraction of sp³-hybridized carbons (Fsp3) is 0.0909. The van der Waals surface area contributed by atoms with Gasteiger partial charge in [0, 0.05) is 11.9 Å². The molecule has 0 aliphatic carbocycles. The van der Waals surface area contributed by atoms with E-state index in [0.29, 0.717) is 22.0 Å². The van der Waals surface area contributed by atoms with Gasteiger partial charge < -0.3 is 5.32 Å². The van der Waals surface area contributed by atoms with Crippen LogP contribution < -0.4 is 5.32 Å². The second-order valence-corrected chi connectivity index (χ2v) is 6.63. The molecular weight excluding hydrogens is 398 g/mol. The van der Waals surface area contributed by atoms with Crippen LogP contribution in [0.15, 0.2) is 72.9 Å². The van der Waals surface area contributed by atoms with Crippen molar-refractivity contribution in [3.05, 3.63) is 95.4 Å². The number of rotatable bonds is 4. The molecule has 1 aromatic heterocycles. The predicted molar refractivity (Wildman–Crippen MR) is 104 cm³/mol. The summed E-state index contributed by atoms with van der Waals surface area (Å²) in [5, 5.41) is 7.33. The molecule has 4 nitrogen and oxygen atoms in total. The van der Waals surface area contributed by atoms with Gasteiger partial charge in [0.2, 0.25) is 0 Å². The summed E-state index contributed by atoms with van der Waals surface area (Å²) in [7, 11) is 0. The topological polar surface area (TPSA) is 46.9 Å². The van der Waals surface area contributed by atoms with Crippen molar-refractivity contribution in [2.45, 2.75) is 12.7 Å². The summed E-state index contributed by atoms with van der Waals surface area (Å²) in [5.74, 6) is -0.923. The number of para-hydroxylation sites is 1. The Morgan fingerprint density at radius 2 is 1.77 bits per heavy atom. The number of hydrogen-bond donors (Lipinski definition) is 1. The number of alkyl halides is 3. The zero-order valence-electron chi connectivity index (χ0n) is 15.4. The van der Waals surface area contributed by atoms with E-state index in [1.165, 1.54) is 29.1 Å². The molecule has 0 bridgehead atoms. The van der Waals surface area contributed by atoms with E-state index in [1.54, 1.807) is 36.4 Å². The molecule has 3 aromatic carbocycles. The number of hydrogen-bond acceptors (Lipinski definition) is 2. The Morgan fingerprint density at radius 3 is 2.53 bits per heavy atom. The summed E-state index contributed by atoms with van der Waals surface area (Å²) in [6.45, 7) is -0.0689. The van der Waals surface area contributed by atoms with Gasteiger partial charge in [-0.2, -0.15) is 18.3 Å². The van der Waals surface area contributed by atoms with E-state index >= 15 is 0 Å². The van der Waals surface area contributed by atoms with Crippen molar-refractivity contribution in [1.29, 1.82) is 0 Å². The number of carbonyl (C=O) groups excluding carboxylic acids is 1. The van der Waals surface area contributed by atoms with Crippen molar-refractivity contribution in [1.82, 2.24) is 15.1 Å². The van der Waals surface area contributed by atoms with Crippen LogP contribution in [-0.4, -0.2) is 15.7 Å². The lowest BCUT2D eigenvalue weighted by Gasteiger charge is -2.10. The third kappa shape index (κ3) is 3.76. The Balaban J connectivity index is 1.60. The molecule has 0 spiro atoms. The quantitative estimate of drug-likeness (QED) is 0.473. The van der Waals surface area contributed by atoms with E-state index in [4.69, 9.17) is 0 Å². The molecule has 0 aliphatic rings. The van der Waals surface area contributed by atoms with E-state index < -0.39 is 23.5 Å². The maximum absolute atomic E-state index is 14.1. The molecule has 0 aliphatic heterocycles. The van der Waals surface area contributed by atoms with Crippen LogP contribution in [0, 0.1) is 5.82 Å². The standard InChI is InChI=1S/C22H15F4N3O/c23-18-8-1-2-9-20(18)29-19-10-4-7-16(17(19)13-28-29)21(30)27-12-14-5-3-6-15(11-14)22(24,25)26/h1-11,13H,12H2,(H,27,30). The van der Waals surface area contributed by atoms with E-state index in [9.17, 15) is 22.4 Å². The molecule has 0 saturated carbocycles. The maximum atomic E-state index is 14.1.